The third-order valence-electron chi connectivity index (χ3n) is 7.22. The molecule has 10 atom stereocenters. The van der Waals surface area contributed by atoms with Gasteiger partial charge >= 0.3 is 0 Å². The summed E-state index contributed by atoms with van der Waals surface area (Å²) < 4.78 is 27.5. The number of benzene rings is 2. The second kappa shape index (κ2) is 12.2. The number of ether oxygens (including phenoxy) is 4. The Morgan fingerprint density at radius 1 is 0.674 bits per heavy atom. The Morgan fingerprint density at radius 3 is 1.84 bits per heavy atom. The fraction of sp³-hybridized carbons (Fsp3) is 0.444. The number of fused-ring (bicyclic) bond motifs is 1. The number of aliphatic hydroxyl groups excluding tert-OH is 8. The first-order valence-corrected chi connectivity index (χ1v) is 13.0. The van der Waals surface area contributed by atoms with E-state index in [1.165, 1.54) is 24.3 Å². The van der Waals surface area contributed by atoms with E-state index in [9.17, 15) is 55.9 Å². The molecule has 1 aromatic heterocycles. The van der Waals surface area contributed by atoms with E-state index in [0.717, 1.165) is 12.1 Å². The Balaban J connectivity index is 1.45. The van der Waals surface area contributed by atoms with Crippen LogP contribution in [-0.4, -0.2) is 126 Å². The lowest BCUT2D eigenvalue weighted by Crippen LogP contribution is -2.60. The molecule has 0 amide bonds. The summed E-state index contributed by atoms with van der Waals surface area (Å²) in [5, 5.41) is 99.9. The van der Waals surface area contributed by atoms with Gasteiger partial charge in [-0.2, -0.15) is 0 Å². The van der Waals surface area contributed by atoms with Crippen molar-refractivity contribution in [2.45, 2.75) is 61.4 Å². The Labute approximate surface area is 241 Å². The Kier molecular flexibility index (Phi) is 8.77. The molecule has 234 valence electrons. The van der Waals surface area contributed by atoms with E-state index in [4.69, 9.17) is 23.4 Å². The first-order valence-electron chi connectivity index (χ1n) is 13.0. The normalized spacial score (nSPS) is 32.9. The average Bonchev–Trinajstić information content (AvgIpc) is 2.98. The van der Waals surface area contributed by atoms with E-state index in [1.54, 1.807) is 0 Å². The highest BCUT2D eigenvalue weighted by molar-refractivity contribution is 5.86. The SMILES string of the molecule is O=c1cc(-c2ccc(O)c(O[C@@H]3O[C@@H](CO)[C@@H](O)[C@@H](O)[C@H]3O)c2)oc2cc(O[C@@H]3O[C@@H](CO)[C@@H](O)[C@@H](O)[C@@H]3O)cc(O)c12. The highest BCUT2D eigenvalue weighted by Gasteiger charge is 2.46. The summed E-state index contributed by atoms with van der Waals surface area (Å²) in [4.78, 5) is 12.9. The smallest absolute Gasteiger partial charge is 0.229 e. The Morgan fingerprint density at radius 2 is 1.26 bits per heavy atom. The van der Waals surface area contributed by atoms with Crippen LogP contribution in [0.2, 0.25) is 0 Å². The maximum absolute atomic E-state index is 12.9. The van der Waals surface area contributed by atoms with Gasteiger partial charge in [-0.15, -0.1) is 0 Å². The molecule has 2 aromatic carbocycles. The second-order valence-electron chi connectivity index (χ2n) is 10.1. The van der Waals surface area contributed by atoms with E-state index < -0.39 is 91.6 Å². The zero-order valence-corrected chi connectivity index (χ0v) is 22.1. The topological polar surface area (TPSA) is 269 Å². The van der Waals surface area contributed by atoms with Gasteiger partial charge in [-0.1, -0.05) is 0 Å². The molecular formula is C27H30O16. The standard InChI is InChI=1S/C27H30O16/c28-7-17-20(33)22(35)24(37)26(42-17)39-10-4-12(31)19-13(32)6-14(40-16(19)5-10)9-1-2-11(30)15(3-9)41-27-25(38)23(36)21(34)18(8-29)43-27/h1-6,17-18,20-31,33-38H,7-8H2/t17-,18-,20+,21+,22+,23+,24-,25+,26+,27+/m0/s1. The van der Waals surface area contributed by atoms with Gasteiger partial charge in [-0.05, 0) is 18.2 Å². The predicted molar refractivity (Wildman–Crippen MR) is 140 cm³/mol. The van der Waals surface area contributed by atoms with Gasteiger partial charge in [0, 0.05) is 23.8 Å². The van der Waals surface area contributed by atoms with E-state index in [-0.39, 0.29) is 33.8 Å². The second-order valence-corrected chi connectivity index (χ2v) is 10.1. The molecule has 3 heterocycles. The first kappa shape index (κ1) is 30.9. The van der Waals surface area contributed by atoms with Crippen LogP contribution in [0.4, 0.5) is 0 Å². The van der Waals surface area contributed by atoms with Crippen molar-refractivity contribution < 1.29 is 74.4 Å². The van der Waals surface area contributed by atoms with Crippen LogP contribution in [0.3, 0.4) is 0 Å². The van der Waals surface area contributed by atoms with Crippen molar-refractivity contribution in [1.82, 2.24) is 0 Å². The van der Waals surface area contributed by atoms with Crippen molar-refractivity contribution in [3.63, 3.8) is 0 Å². The van der Waals surface area contributed by atoms with Gasteiger partial charge in [-0.3, -0.25) is 4.79 Å². The summed E-state index contributed by atoms with van der Waals surface area (Å²) in [7, 11) is 0. The van der Waals surface area contributed by atoms with Gasteiger partial charge in [0.2, 0.25) is 12.6 Å². The molecule has 2 aliphatic rings. The molecule has 0 radical (unpaired) electrons. The molecule has 2 saturated heterocycles. The van der Waals surface area contributed by atoms with Crippen LogP contribution in [0.1, 0.15) is 0 Å². The lowest BCUT2D eigenvalue weighted by atomic mass is 9.99. The molecule has 43 heavy (non-hydrogen) atoms. The minimum absolute atomic E-state index is 0.0828. The Hall–Kier alpha value is -3.55. The molecule has 0 saturated carbocycles. The molecule has 3 aromatic rings. The molecule has 0 bridgehead atoms. The highest BCUT2D eigenvalue weighted by Crippen LogP contribution is 2.37. The summed E-state index contributed by atoms with van der Waals surface area (Å²) >= 11 is 0. The van der Waals surface area contributed by atoms with Gasteiger partial charge < -0.3 is 74.4 Å². The van der Waals surface area contributed by atoms with Gasteiger partial charge in [0.05, 0.1) is 13.2 Å². The van der Waals surface area contributed by atoms with Crippen LogP contribution in [0.5, 0.6) is 23.0 Å². The maximum Gasteiger partial charge on any atom is 0.229 e. The summed E-state index contributed by atoms with van der Waals surface area (Å²) in [6, 6.07) is 7.02. The van der Waals surface area contributed by atoms with Crippen LogP contribution >= 0.6 is 0 Å². The van der Waals surface area contributed by atoms with Crippen molar-refractivity contribution in [1.29, 1.82) is 0 Å². The number of phenols is 2. The van der Waals surface area contributed by atoms with Crippen molar-refractivity contribution in [3.8, 4) is 34.3 Å². The summed E-state index contributed by atoms with van der Waals surface area (Å²) in [5.41, 5.74) is -0.708. The van der Waals surface area contributed by atoms with Gasteiger partial charge in [0.15, 0.2) is 16.9 Å². The molecule has 2 fully saturated rings. The number of rotatable bonds is 7. The third-order valence-corrected chi connectivity index (χ3v) is 7.22. The number of hydrogen-bond acceptors (Lipinski definition) is 16. The molecular weight excluding hydrogens is 580 g/mol. The fourth-order valence-corrected chi connectivity index (χ4v) is 4.80. The molecule has 0 aliphatic carbocycles. The summed E-state index contributed by atoms with van der Waals surface area (Å²) in [6.45, 7) is -1.39. The Bertz CT molecular complexity index is 1500. The fourth-order valence-electron chi connectivity index (χ4n) is 4.80. The summed E-state index contributed by atoms with van der Waals surface area (Å²) in [6.07, 6.45) is -15.9. The van der Waals surface area contributed by atoms with E-state index in [1.807, 2.05) is 0 Å². The highest BCUT2D eigenvalue weighted by atomic mass is 16.7. The number of phenolic OH excluding ortho intramolecular Hbond substituents is 2. The van der Waals surface area contributed by atoms with Gasteiger partial charge in [0.25, 0.3) is 0 Å². The molecule has 5 rings (SSSR count). The average molecular weight is 611 g/mol. The number of hydrogen-bond donors (Lipinski definition) is 10. The van der Waals surface area contributed by atoms with Crippen molar-refractivity contribution in [2.24, 2.45) is 0 Å². The predicted octanol–water partition coefficient (Wildman–Crippen LogP) is -2.77. The molecule has 0 spiro atoms. The molecule has 16 nitrogen and oxygen atoms in total. The monoisotopic (exact) mass is 610 g/mol. The van der Waals surface area contributed by atoms with Crippen LogP contribution in [0, 0.1) is 0 Å². The number of aliphatic hydroxyl groups is 8. The van der Waals surface area contributed by atoms with Crippen molar-refractivity contribution in [2.75, 3.05) is 13.2 Å². The van der Waals surface area contributed by atoms with Crippen molar-refractivity contribution in [3.05, 3.63) is 46.6 Å². The van der Waals surface area contributed by atoms with E-state index in [0.29, 0.717) is 0 Å². The maximum atomic E-state index is 12.9. The largest absolute Gasteiger partial charge is 0.507 e. The quantitative estimate of drug-likeness (QED) is 0.130. The lowest BCUT2D eigenvalue weighted by Gasteiger charge is -2.39. The van der Waals surface area contributed by atoms with Gasteiger partial charge in [0.1, 0.15) is 77.1 Å². The first-order chi connectivity index (χ1) is 20.4. The van der Waals surface area contributed by atoms with Crippen LogP contribution in [0.15, 0.2) is 45.6 Å². The number of aromatic hydroxyl groups is 2. The molecule has 0 unspecified atom stereocenters. The van der Waals surface area contributed by atoms with E-state index in [2.05, 4.69) is 0 Å². The zero-order chi connectivity index (χ0) is 31.2. The third kappa shape index (κ3) is 5.85. The van der Waals surface area contributed by atoms with Crippen LogP contribution in [-0.2, 0) is 9.47 Å². The zero-order valence-electron chi connectivity index (χ0n) is 22.1. The summed E-state index contributed by atoms with van der Waals surface area (Å²) in [5.74, 6) is -1.54. The molecule has 10 N–H and O–H groups in total. The minimum Gasteiger partial charge on any atom is -0.507 e. The van der Waals surface area contributed by atoms with Crippen molar-refractivity contribution >= 4 is 11.0 Å². The van der Waals surface area contributed by atoms with Crippen LogP contribution < -0.4 is 14.9 Å². The lowest BCUT2D eigenvalue weighted by molar-refractivity contribution is -0.277. The van der Waals surface area contributed by atoms with E-state index >= 15 is 0 Å². The van der Waals surface area contributed by atoms with Gasteiger partial charge in [-0.25, -0.2) is 0 Å². The van der Waals surface area contributed by atoms with Crippen LogP contribution in [0.25, 0.3) is 22.3 Å². The minimum atomic E-state index is -1.76. The molecule has 16 heteroatoms. The molecule has 2 aliphatic heterocycles.